The van der Waals surface area contributed by atoms with Crippen LogP contribution in [0.5, 0.6) is 0 Å². The van der Waals surface area contributed by atoms with Gasteiger partial charge in [0.05, 0.1) is 12.0 Å². The lowest BCUT2D eigenvalue weighted by Crippen LogP contribution is -2.16. The Kier molecular flexibility index (Phi) is 2.93. The van der Waals surface area contributed by atoms with E-state index in [1.807, 2.05) is 26.0 Å². The zero-order chi connectivity index (χ0) is 8.97. The Morgan fingerprint density at radius 3 is 3.08 bits per heavy atom. The average Bonchev–Trinajstić information content (AvgIpc) is 2.47. The molecular weight excluding hydrogens is 148 g/mol. The van der Waals surface area contributed by atoms with E-state index in [-0.39, 0.29) is 7.34 Å². The molecule has 0 bridgehead atoms. The van der Waals surface area contributed by atoms with E-state index in [2.05, 4.69) is 17.5 Å². The van der Waals surface area contributed by atoms with Crippen molar-refractivity contribution in [2.45, 2.75) is 13.8 Å². The topological polar surface area (TPSA) is 35.8 Å². The summed E-state index contributed by atoms with van der Waals surface area (Å²) >= 11 is 0. The van der Waals surface area contributed by atoms with Crippen LogP contribution in [0.2, 0.25) is 0 Å². The van der Waals surface area contributed by atoms with E-state index in [1.165, 1.54) is 5.70 Å². The van der Waals surface area contributed by atoms with Gasteiger partial charge in [-0.25, -0.2) is 0 Å². The minimum absolute atomic E-state index is 0. The number of nitrogens with zero attached hydrogens (tertiary/aromatic N) is 1. The molecule has 0 saturated carbocycles. The van der Waals surface area contributed by atoms with Crippen molar-refractivity contribution >= 4 is 0 Å². The van der Waals surface area contributed by atoms with E-state index >= 15 is 0 Å². The maximum Gasteiger partial charge on any atom is 0.0723 e. The van der Waals surface area contributed by atoms with E-state index in [9.17, 15) is 0 Å². The number of hydrogen-bond acceptors (Lipinski definition) is 2. The summed E-state index contributed by atoms with van der Waals surface area (Å²) in [6.07, 6.45) is 6.03. The molecule has 2 unspecified atom stereocenters. The first-order chi connectivity index (χ1) is 5.77. The zero-order valence-electron chi connectivity index (χ0n) is 7.54. The Bertz CT molecular complexity index is 250. The van der Waals surface area contributed by atoms with Crippen molar-refractivity contribution in [2.75, 3.05) is 6.54 Å². The van der Waals surface area contributed by atoms with Gasteiger partial charge in [0.15, 0.2) is 0 Å². The second-order valence-electron chi connectivity index (χ2n) is 3.08. The van der Waals surface area contributed by atoms with Gasteiger partial charge in [-0.1, -0.05) is 18.2 Å². The van der Waals surface area contributed by atoms with Gasteiger partial charge in [0.2, 0.25) is 0 Å². The van der Waals surface area contributed by atoms with Gasteiger partial charge in [0, 0.05) is 19.6 Å². The van der Waals surface area contributed by atoms with Crippen LogP contribution in [-0.4, -0.2) is 6.54 Å². The second-order valence-corrected chi connectivity index (χ2v) is 3.08. The van der Waals surface area contributed by atoms with Gasteiger partial charge in [0.25, 0.3) is 0 Å². The molecule has 0 spiro atoms. The molecule has 0 saturated heterocycles. The molecule has 1 aliphatic heterocycles. The summed E-state index contributed by atoms with van der Waals surface area (Å²) in [5.41, 5.74) is 1.18. The summed E-state index contributed by atoms with van der Waals surface area (Å²) in [6.45, 7) is 4.88. The number of hydrogen-bond donors (Lipinski definition) is 1. The third-order valence-electron chi connectivity index (χ3n) is 2.09. The lowest BCUT2D eigenvalue weighted by molar-refractivity contribution is 0.573. The molecule has 0 aromatic carbocycles. The number of allylic oxidation sites excluding steroid dienone is 3. The van der Waals surface area contributed by atoms with E-state index in [1.54, 1.807) is 0 Å². The normalized spacial score (nSPS) is 24.8. The van der Waals surface area contributed by atoms with Gasteiger partial charge in [0.1, 0.15) is 0 Å². The van der Waals surface area contributed by atoms with Gasteiger partial charge in [-0.3, -0.25) is 0 Å². The average molecular weight is 164 g/mol. The number of nitriles is 1. The van der Waals surface area contributed by atoms with Crippen LogP contribution in [0.3, 0.4) is 0 Å². The Morgan fingerprint density at radius 2 is 2.67 bits per heavy atom. The van der Waals surface area contributed by atoms with Crippen LogP contribution in [0.15, 0.2) is 23.9 Å². The van der Waals surface area contributed by atoms with E-state index < -0.39 is 0 Å². The summed E-state index contributed by atoms with van der Waals surface area (Å²) < 4.78 is 0. The fraction of sp³-hybridized carbons (Fsp3) is 0.500. The van der Waals surface area contributed by atoms with Gasteiger partial charge in [-0.2, -0.15) is 5.26 Å². The van der Waals surface area contributed by atoms with Crippen LogP contribution in [-0.2, 0) is 0 Å². The fourth-order valence-corrected chi connectivity index (χ4v) is 1.44. The van der Waals surface area contributed by atoms with Crippen LogP contribution < -0.4 is 5.32 Å². The lowest BCUT2D eigenvalue weighted by atomic mass is 9.94. The van der Waals surface area contributed by atoms with Gasteiger partial charge < -0.3 is 5.32 Å². The summed E-state index contributed by atoms with van der Waals surface area (Å²) in [7, 11) is 0. The molecular formula is C10H16N2. The van der Waals surface area contributed by atoms with Crippen molar-refractivity contribution in [1.29, 1.82) is 5.26 Å². The third kappa shape index (κ3) is 1.88. The maximum absolute atomic E-state index is 8.85. The third-order valence-corrected chi connectivity index (χ3v) is 2.09. The molecule has 0 aromatic rings. The molecule has 1 rings (SSSR count). The fourth-order valence-electron chi connectivity index (χ4n) is 1.44. The predicted molar refractivity (Wildman–Crippen MR) is 51.3 cm³/mol. The van der Waals surface area contributed by atoms with Gasteiger partial charge >= 0.3 is 0 Å². The summed E-state index contributed by atoms with van der Waals surface area (Å²) in [5, 5.41) is 12.1. The Balaban J connectivity index is 0.00000144. The number of nitrogens with one attached hydrogen (secondary N) is 1. The first-order valence-corrected chi connectivity index (χ1v) is 4.22. The molecule has 1 aliphatic rings. The van der Waals surface area contributed by atoms with Crippen molar-refractivity contribution in [3.63, 3.8) is 0 Å². The van der Waals surface area contributed by atoms with Crippen LogP contribution in [0, 0.1) is 23.2 Å². The smallest absolute Gasteiger partial charge is 0.0723 e. The Morgan fingerprint density at radius 1 is 1.92 bits per heavy atom. The molecule has 2 heteroatoms. The molecule has 0 fully saturated rings. The zero-order valence-corrected chi connectivity index (χ0v) is 7.54. The highest BCUT2D eigenvalue weighted by atomic mass is 14.9. The minimum Gasteiger partial charge on any atom is -0.388 e. The quantitative estimate of drug-likeness (QED) is 0.634. The highest BCUT2D eigenvalue weighted by molar-refractivity contribution is 5.15. The van der Waals surface area contributed by atoms with Crippen molar-refractivity contribution < 1.29 is 1.43 Å². The molecule has 66 valence electrons. The molecule has 1 heterocycles. The molecule has 0 aliphatic carbocycles. The first kappa shape index (κ1) is 8.86. The molecule has 2 nitrogen and oxygen atoms in total. The van der Waals surface area contributed by atoms with Crippen LogP contribution >= 0.6 is 0 Å². The molecule has 12 heavy (non-hydrogen) atoms. The molecule has 1 N–H and O–H groups in total. The highest BCUT2D eigenvalue weighted by Gasteiger charge is 2.20. The Labute approximate surface area is 75.1 Å². The minimum atomic E-state index is 0. The van der Waals surface area contributed by atoms with Crippen molar-refractivity contribution in [2.24, 2.45) is 11.8 Å². The van der Waals surface area contributed by atoms with Crippen LogP contribution in [0.25, 0.3) is 0 Å². The summed E-state index contributed by atoms with van der Waals surface area (Å²) in [4.78, 5) is 0. The van der Waals surface area contributed by atoms with E-state index in [0.29, 0.717) is 5.92 Å². The SMILES string of the molecule is C/C=C\C(C#N)C1C=C(C)NC1.[HH]. The molecule has 0 aromatic heterocycles. The van der Waals surface area contributed by atoms with Gasteiger partial charge in [-0.15, -0.1) is 0 Å². The highest BCUT2D eigenvalue weighted by Crippen LogP contribution is 2.19. The predicted octanol–water partition coefficient (Wildman–Crippen LogP) is 2.07. The Hall–Kier alpha value is -1.23. The number of rotatable bonds is 2. The monoisotopic (exact) mass is 164 g/mol. The largest absolute Gasteiger partial charge is 0.388 e. The van der Waals surface area contributed by atoms with Crippen LogP contribution in [0.4, 0.5) is 0 Å². The molecule has 2 atom stereocenters. The van der Waals surface area contributed by atoms with E-state index in [4.69, 9.17) is 5.26 Å². The molecule has 0 amide bonds. The van der Waals surface area contributed by atoms with Crippen molar-refractivity contribution in [3.8, 4) is 6.07 Å². The summed E-state index contributed by atoms with van der Waals surface area (Å²) in [5.74, 6) is 0.381. The maximum atomic E-state index is 8.85. The van der Waals surface area contributed by atoms with E-state index in [0.717, 1.165) is 6.54 Å². The first-order valence-electron chi connectivity index (χ1n) is 4.22. The summed E-state index contributed by atoms with van der Waals surface area (Å²) in [6, 6.07) is 2.29. The lowest BCUT2D eigenvalue weighted by Gasteiger charge is -2.08. The van der Waals surface area contributed by atoms with Gasteiger partial charge in [-0.05, 0) is 13.8 Å². The molecule has 0 radical (unpaired) electrons. The second kappa shape index (κ2) is 3.96. The van der Waals surface area contributed by atoms with Crippen LogP contribution in [0.1, 0.15) is 15.3 Å². The standard InChI is InChI=1S/C10H14N2.H2/c1-3-4-9(6-11)10-5-8(2)12-7-10;/h3-5,9-10,12H,7H2,1-2H3;1H/b4-3-;. The van der Waals surface area contributed by atoms with Crippen molar-refractivity contribution in [3.05, 3.63) is 23.9 Å². The van der Waals surface area contributed by atoms with Crippen molar-refractivity contribution in [1.82, 2.24) is 5.32 Å².